The lowest BCUT2D eigenvalue weighted by Gasteiger charge is -2.10. The van der Waals surface area contributed by atoms with Crippen molar-refractivity contribution in [3.05, 3.63) is 46.0 Å². The van der Waals surface area contributed by atoms with Crippen molar-refractivity contribution < 1.29 is 4.92 Å². The van der Waals surface area contributed by atoms with Crippen LogP contribution >= 0.6 is 0 Å². The van der Waals surface area contributed by atoms with Crippen LogP contribution in [0, 0.1) is 10.1 Å². The summed E-state index contributed by atoms with van der Waals surface area (Å²) in [7, 11) is 1.73. The van der Waals surface area contributed by atoms with Crippen molar-refractivity contribution in [2.45, 2.75) is 6.54 Å². The van der Waals surface area contributed by atoms with Crippen LogP contribution in [0.5, 0.6) is 0 Å². The second-order valence-electron chi connectivity index (χ2n) is 2.97. The minimum atomic E-state index is -0.330. The van der Waals surface area contributed by atoms with E-state index in [1.54, 1.807) is 11.9 Å². The maximum atomic E-state index is 10.2. The molecule has 0 aliphatic carbocycles. The van der Waals surface area contributed by atoms with Crippen LogP contribution in [0.15, 0.2) is 30.3 Å². The van der Waals surface area contributed by atoms with Crippen molar-refractivity contribution in [3.8, 4) is 0 Å². The van der Waals surface area contributed by atoms with Crippen LogP contribution in [0.1, 0.15) is 5.56 Å². The molecule has 0 aliphatic heterocycles. The van der Waals surface area contributed by atoms with E-state index >= 15 is 0 Å². The first kappa shape index (κ1) is 9.67. The van der Waals surface area contributed by atoms with E-state index in [0.29, 0.717) is 6.54 Å². The minimum Gasteiger partial charge on any atom is -0.263 e. The Morgan fingerprint density at radius 2 is 2.00 bits per heavy atom. The Balaban J connectivity index is 2.45. The van der Waals surface area contributed by atoms with Gasteiger partial charge in [-0.15, -0.1) is 0 Å². The SMILES string of the molecule is CN(Cc1ccccc1)C[N+](=O)[O-]. The molecular weight excluding hydrogens is 168 g/mol. The highest BCUT2D eigenvalue weighted by atomic mass is 16.6. The number of hydrogen-bond donors (Lipinski definition) is 0. The highest BCUT2D eigenvalue weighted by molar-refractivity contribution is 5.14. The van der Waals surface area contributed by atoms with Crippen molar-refractivity contribution in [2.75, 3.05) is 13.7 Å². The van der Waals surface area contributed by atoms with Crippen LogP contribution in [-0.2, 0) is 6.54 Å². The molecule has 70 valence electrons. The number of nitrogens with zero attached hydrogens (tertiary/aromatic N) is 2. The van der Waals surface area contributed by atoms with Crippen molar-refractivity contribution in [3.63, 3.8) is 0 Å². The number of benzene rings is 1. The Morgan fingerprint density at radius 3 is 2.54 bits per heavy atom. The molecule has 0 radical (unpaired) electrons. The van der Waals surface area contributed by atoms with Gasteiger partial charge in [0.15, 0.2) is 0 Å². The summed E-state index contributed by atoms with van der Waals surface area (Å²) in [5, 5.41) is 10.2. The molecule has 13 heavy (non-hydrogen) atoms. The van der Waals surface area contributed by atoms with E-state index in [-0.39, 0.29) is 11.6 Å². The second-order valence-corrected chi connectivity index (χ2v) is 2.97. The lowest BCUT2D eigenvalue weighted by molar-refractivity contribution is -0.503. The summed E-state index contributed by atoms with van der Waals surface area (Å²) in [4.78, 5) is 11.5. The highest BCUT2D eigenvalue weighted by Crippen LogP contribution is 2.01. The molecule has 1 aromatic rings. The fourth-order valence-electron chi connectivity index (χ4n) is 1.14. The monoisotopic (exact) mass is 180 g/mol. The summed E-state index contributed by atoms with van der Waals surface area (Å²) in [6.07, 6.45) is 0. The highest BCUT2D eigenvalue weighted by Gasteiger charge is 2.04. The third-order valence-corrected chi connectivity index (χ3v) is 1.65. The van der Waals surface area contributed by atoms with Gasteiger partial charge in [0.2, 0.25) is 0 Å². The van der Waals surface area contributed by atoms with Crippen molar-refractivity contribution in [2.24, 2.45) is 0 Å². The summed E-state index contributed by atoms with van der Waals surface area (Å²) >= 11 is 0. The molecule has 4 heteroatoms. The van der Waals surface area contributed by atoms with Gasteiger partial charge in [0.25, 0.3) is 6.67 Å². The van der Waals surface area contributed by atoms with Crippen LogP contribution in [0.25, 0.3) is 0 Å². The standard InChI is InChI=1S/C9H12N2O2/c1-10(8-11(12)13)7-9-5-3-2-4-6-9/h2-6H,7-8H2,1H3. The second kappa shape index (κ2) is 4.57. The number of hydrogen-bond acceptors (Lipinski definition) is 3. The molecule has 0 unspecified atom stereocenters. The first-order valence-electron chi connectivity index (χ1n) is 4.03. The first-order chi connectivity index (χ1) is 6.18. The zero-order chi connectivity index (χ0) is 9.68. The Hall–Kier alpha value is -1.42. The summed E-state index contributed by atoms with van der Waals surface area (Å²) in [6.45, 7) is 0.497. The third kappa shape index (κ3) is 3.66. The third-order valence-electron chi connectivity index (χ3n) is 1.65. The van der Waals surface area contributed by atoms with Crippen molar-refractivity contribution in [1.29, 1.82) is 0 Å². The molecule has 0 aromatic heterocycles. The molecule has 0 atom stereocenters. The maximum Gasteiger partial charge on any atom is 0.259 e. The molecular formula is C9H12N2O2. The summed E-state index contributed by atoms with van der Waals surface area (Å²) in [5.74, 6) is 0. The molecule has 0 spiro atoms. The van der Waals surface area contributed by atoms with Crippen LogP contribution in [0.2, 0.25) is 0 Å². The van der Waals surface area contributed by atoms with Gasteiger partial charge in [0.1, 0.15) is 0 Å². The molecule has 0 N–H and O–H groups in total. The van der Waals surface area contributed by atoms with E-state index in [0.717, 1.165) is 5.56 Å². The fraction of sp³-hybridized carbons (Fsp3) is 0.333. The lowest BCUT2D eigenvalue weighted by Crippen LogP contribution is -2.24. The molecule has 4 nitrogen and oxygen atoms in total. The lowest BCUT2D eigenvalue weighted by atomic mass is 10.2. The van der Waals surface area contributed by atoms with Gasteiger partial charge in [0.05, 0.1) is 0 Å². The Morgan fingerprint density at radius 1 is 1.38 bits per heavy atom. The number of rotatable bonds is 4. The quantitative estimate of drug-likeness (QED) is 0.399. The fourth-order valence-corrected chi connectivity index (χ4v) is 1.14. The van der Waals surface area contributed by atoms with Crippen molar-refractivity contribution >= 4 is 0 Å². The molecule has 1 aromatic carbocycles. The van der Waals surface area contributed by atoms with Gasteiger partial charge < -0.3 is 0 Å². The topological polar surface area (TPSA) is 46.4 Å². The average molecular weight is 180 g/mol. The van der Waals surface area contributed by atoms with E-state index in [2.05, 4.69) is 0 Å². The Kier molecular flexibility index (Phi) is 3.40. The predicted molar refractivity (Wildman–Crippen MR) is 49.8 cm³/mol. The van der Waals surface area contributed by atoms with Crippen LogP contribution in [0.3, 0.4) is 0 Å². The normalized spacial score (nSPS) is 10.3. The minimum absolute atomic E-state index is 0.116. The van der Waals surface area contributed by atoms with E-state index < -0.39 is 0 Å². The largest absolute Gasteiger partial charge is 0.263 e. The van der Waals surface area contributed by atoms with Crippen LogP contribution in [0.4, 0.5) is 0 Å². The van der Waals surface area contributed by atoms with E-state index in [4.69, 9.17) is 0 Å². The molecule has 0 saturated heterocycles. The molecule has 0 saturated carbocycles. The van der Waals surface area contributed by atoms with Gasteiger partial charge in [0, 0.05) is 11.5 Å². The van der Waals surface area contributed by atoms with Crippen LogP contribution < -0.4 is 0 Å². The summed E-state index contributed by atoms with van der Waals surface area (Å²) in [5.41, 5.74) is 1.09. The molecule has 0 amide bonds. The van der Waals surface area contributed by atoms with Crippen molar-refractivity contribution in [1.82, 2.24) is 4.90 Å². The van der Waals surface area contributed by atoms with Gasteiger partial charge in [-0.3, -0.25) is 10.1 Å². The molecule has 1 rings (SSSR count). The molecule has 0 heterocycles. The zero-order valence-corrected chi connectivity index (χ0v) is 7.51. The number of nitro groups is 1. The molecule has 0 bridgehead atoms. The van der Waals surface area contributed by atoms with Gasteiger partial charge in [-0.2, -0.15) is 0 Å². The Labute approximate surface area is 76.9 Å². The van der Waals surface area contributed by atoms with E-state index in [9.17, 15) is 10.1 Å². The van der Waals surface area contributed by atoms with Crippen LogP contribution in [-0.4, -0.2) is 23.5 Å². The first-order valence-corrected chi connectivity index (χ1v) is 4.03. The molecule has 0 fully saturated rings. The molecule has 0 aliphatic rings. The van der Waals surface area contributed by atoms with Gasteiger partial charge >= 0.3 is 0 Å². The summed E-state index contributed by atoms with van der Waals surface area (Å²) < 4.78 is 0. The predicted octanol–water partition coefficient (Wildman–Crippen LogP) is 1.35. The van der Waals surface area contributed by atoms with Gasteiger partial charge in [-0.25, -0.2) is 4.90 Å². The van der Waals surface area contributed by atoms with E-state index in [1.165, 1.54) is 0 Å². The van der Waals surface area contributed by atoms with Gasteiger partial charge in [-0.1, -0.05) is 30.3 Å². The van der Waals surface area contributed by atoms with E-state index in [1.807, 2.05) is 30.3 Å². The summed E-state index contributed by atoms with van der Waals surface area (Å²) in [6, 6.07) is 9.69. The zero-order valence-electron chi connectivity index (χ0n) is 7.51. The maximum absolute atomic E-state index is 10.2. The Bertz CT molecular complexity index is 274. The smallest absolute Gasteiger partial charge is 0.259 e. The average Bonchev–Trinajstić information content (AvgIpc) is 2.04. The van der Waals surface area contributed by atoms with Gasteiger partial charge in [-0.05, 0) is 12.6 Å².